The number of primary amides is 1. The van der Waals surface area contributed by atoms with Crippen LogP contribution in [0, 0.1) is 0 Å². The van der Waals surface area contributed by atoms with Crippen LogP contribution in [-0.2, 0) is 13.9 Å². The number of aliphatic hydroxyl groups excluding tert-OH is 3. The number of rotatable bonds is 6. The average Bonchev–Trinajstić information content (AvgIpc) is 2.10. The summed E-state index contributed by atoms with van der Waals surface area (Å²) in [5.74, 6) is -1.31. The van der Waals surface area contributed by atoms with E-state index in [9.17, 15) is 19.1 Å². The molecule has 0 saturated heterocycles. The fourth-order valence-electron chi connectivity index (χ4n) is 0.645. The fourth-order valence-corrected chi connectivity index (χ4v) is 0.980. The molecule has 0 bridgehead atoms. The van der Waals surface area contributed by atoms with Gasteiger partial charge in [-0.1, -0.05) is 0 Å². The molecule has 17 heavy (non-hydrogen) atoms. The van der Waals surface area contributed by atoms with Crippen LogP contribution in [0.5, 0.6) is 0 Å². The molecule has 0 aliphatic rings. The third-order valence-electron chi connectivity index (χ3n) is 1.41. The minimum absolute atomic E-state index is 0. The van der Waals surface area contributed by atoms with Gasteiger partial charge < -0.3 is 39.9 Å². The summed E-state index contributed by atoms with van der Waals surface area (Å²) in [5, 5.41) is 26.8. The number of phosphoric acid groups is 1. The van der Waals surface area contributed by atoms with E-state index >= 15 is 0 Å². The van der Waals surface area contributed by atoms with Crippen LogP contribution in [-0.4, -0.2) is 46.1 Å². The van der Waals surface area contributed by atoms with E-state index < -0.39 is 38.6 Å². The Morgan fingerprint density at radius 1 is 1.29 bits per heavy atom. The maximum atomic E-state index is 10.3. The Balaban J connectivity index is -0.000000980. The molecular formula is C5H10NNa2O8P. The van der Waals surface area contributed by atoms with Crippen molar-refractivity contribution in [2.24, 2.45) is 5.73 Å². The number of nitrogens with two attached hydrogens (primary N) is 1. The molecule has 0 heterocycles. The number of carbonyl (C=O) groups is 1. The van der Waals surface area contributed by atoms with Crippen LogP contribution >= 0.6 is 7.82 Å². The average molecular weight is 289 g/mol. The quantitative estimate of drug-likeness (QED) is 0.275. The number of phosphoric ester groups is 1. The molecule has 0 aromatic rings. The Morgan fingerprint density at radius 3 is 2.00 bits per heavy atom. The van der Waals surface area contributed by atoms with Crippen molar-refractivity contribution in [2.45, 2.75) is 18.3 Å². The van der Waals surface area contributed by atoms with Crippen LogP contribution in [0.3, 0.4) is 0 Å². The van der Waals surface area contributed by atoms with Gasteiger partial charge in [0.2, 0.25) is 5.91 Å². The summed E-state index contributed by atoms with van der Waals surface area (Å²) < 4.78 is 13.6. The summed E-state index contributed by atoms with van der Waals surface area (Å²) in [6.07, 6.45) is -6.04. The molecule has 0 saturated carbocycles. The number of aliphatic hydroxyl groups is 3. The Morgan fingerprint density at radius 2 is 1.71 bits per heavy atom. The molecule has 9 nitrogen and oxygen atoms in total. The van der Waals surface area contributed by atoms with Gasteiger partial charge in [-0.2, -0.15) is 0 Å². The molecule has 0 aromatic heterocycles. The van der Waals surface area contributed by atoms with E-state index in [0.717, 1.165) is 0 Å². The molecule has 5 N–H and O–H groups in total. The zero-order chi connectivity index (χ0) is 12.2. The standard InChI is InChI=1S/C5H12NO8P.2Na/c6-5(10)4(9)3(8)2(7)1-14-15(11,12)13;;/h2-4,7-9H,1H2,(H2,6,10)(H2,11,12,13);;/q;2*+1/p-2/t2-,3-,4-;;/m1../s1. The fraction of sp³-hybridized carbons (Fsp3) is 0.800. The van der Waals surface area contributed by atoms with E-state index in [4.69, 9.17) is 15.3 Å². The molecule has 0 unspecified atom stereocenters. The minimum atomic E-state index is -5.28. The van der Waals surface area contributed by atoms with E-state index in [-0.39, 0.29) is 59.1 Å². The largest absolute Gasteiger partial charge is 1.00 e. The van der Waals surface area contributed by atoms with Crippen LogP contribution in [0.4, 0.5) is 0 Å². The number of carbonyl (C=O) groups excluding carboxylic acids is 1. The third kappa shape index (κ3) is 11.0. The Labute approximate surface area is 141 Å². The van der Waals surface area contributed by atoms with Gasteiger partial charge in [0.15, 0.2) is 6.10 Å². The second kappa shape index (κ2) is 10.3. The topological polar surface area (TPSA) is 176 Å². The number of amides is 1. The van der Waals surface area contributed by atoms with E-state index in [2.05, 4.69) is 10.3 Å². The van der Waals surface area contributed by atoms with Gasteiger partial charge in [-0.25, -0.2) is 0 Å². The van der Waals surface area contributed by atoms with E-state index in [0.29, 0.717) is 0 Å². The van der Waals surface area contributed by atoms with Crippen molar-refractivity contribution < 1.29 is 98.1 Å². The van der Waals surface area contributed by atoms with Crippen molar-refractivity contribution in [1.82, 2.24) is 0 Å². The minimum Gasteiger partial charge on any atom is -0.790 e. The molecule has 0 radical (unpaired) electrons. The summed E-state index contributed by atoms with van der Waals surface area (Å²) in [7, 11) is -5.28. The van der Waals surface area contributed by atoms with Gasteiger partial charge in [0.25, 0.3) is 0 Å². The van der Waals surface area contributed by atoms with Crippen molar-refractivity contribution in [2.75, 3.05) is 6.61 Å². The second-order valence-corrected chi connectivity index (χ2v) is 3.80. The molecule has 0 aliphatic heterocycles. The van der Waals surface area contributed by atoms with Gasteiger partial charge >= 0.3 is 59.1 Å². The van der Waals surface area contributed by atoms with Gasteiger partial charge in [-0.05, 0) is 0 Å². The predicted molar refractivity (Wildman–Crippen MR) is 40.8 cm³/mol. The molecule has 1 amide bonds. The maximum Gasteiger partial charge on any atom is 1.00 e. The van der Waals surface area contributed by atoms with Gasteiger partial charge in [0.1, 0.15) is 12.2 Å². The molecule has 0 spiro atoms. The molecule has 0 rings (SSSR count). The SMILES string of the molecule is NC(=O)[C@H](O)[C@H](O)[C@H](O)COP(=O)([O-])[O-].[Na+].[Na+]. The van der Waals surface area contributed by atoms with Crippen molar-refractivity contribution in [3.8, 4) is 0 Å². The first-order valence-corrected chi connectivity index (χ1v) is 5.11. The summed E-state index contributed by atoms with van der Waals surface area (Å²) in [6.45, 7) is -1.07. The van der Waals surface area contributed by atoms with Crippen molar-refractivity contribution in [1.29, 1.82) is 0 Å². The molecule has 3 atom stereocenters. The Hall–Kier alpha value is 1.46. The molecule has 0 aliphatic carbocycles. The first kappa shape index (κ1) is 23.5. The summed E-state index contributed by atoms with van der Waals surface area (Å²) >= 11 is 0. The first-order chi connectivity index (χ1) is 6.65. The van der Waals surface area contributed by atoms with Crippen LogP contribution in [0.15, 0.2) is 0 Å². The van der Waals surface area contributed by atoms with Crippen LogP contribution in [0.2, 0.25) is 0 Å². The summed E-state index contributed by atoms with van der Waals surface area (Å²) in [6, 6.07) is 0. The smallest absolute Gasteiger partial charge is 0.790 e. The number of hydrogen-bond acceptors (Lipinski definition) is 8. The van der Waals surface area contributed by atoms with Crippen LogP contribution < -0.4 is 74.6 Å². The zero-order valence-electron chi connectivity index (χ0n) is 9.35. The van der Waals surface area contributed by atoms with Crippen molar-refractivity contribution in [3.05, 3.63) is 0 Å². The number of hydrogen-bond donors (Lipinski definition) is 4. The maximum absolute atomic E-state index is 10.3. The summed E-state index contributed by atoms with van der Waals surface area (Å²) in [4.78, 5) is 30.3. The Bertz CT molecular complexity index is 273. The zero-order valence-corrected chi connectivity index (χ0v) is 14.2. The third-order valence-corrected chi connectivity index (χ3v) is 1.88. The van der Waals surface area contributed by atoms with Crippen molar-refractivity contribution in [3.63, 3.8) is 0 Å². The van der Waals surface area contributed by atoms with E-state index in [1.165, 1.54) is 0 Å². The predicted octanol–water partition coefficient (Wildman–Crippen LogP) is -10.6. The Kier molecular flexibility index (Phi) is 14.2. The first-order valence-electron chi connectivity index (χ1n) is 3.65. The molecule has 12 heteroatoms. The van der Waals surface area contributed by atoms with Gasteiger partial charge in [-0.3, -0.25) is 4.79 Å². The van der Waals surface area contributed by atoms with Crippen LogP contribution in [0.1, 0.15) is 0 Å². The van der Waals surface area contributed by atoms with Gasteiger partial charge in [0, 0.05) is 0 Å². The monoisotopic (exact) mass is 289 g/mol. The molecular weight excluding hydrogens is 279 g/mol. The summed E-state index contributed by atoms with van der Waals surface area (Å²) in [5.41, 5.74) is 4.58. The van der Waals surface area contributed by atoms with Gasteiger partial charge in [-0.15, -0.1) is 0 Å². The van der Waals surface area contributed by atoms with Gasteiger partial charge in [0.05, 0.1) is 14.4 Å². The second-order valence-electron chi connectivity index (χ2n) is 2.65. The van der Waals surface area contributed by atoms with Crippen molar-refractivity contribution >= 4 is 13.7 Å². The molecule has 0 aromatic carbocycles. The van der Waals surface area contributed by atoms with Crippen LogP contribution in [0.25, 0.3) is 0 Å². The normalized spacial score (nSPS) is 16.1. The molecule has 0 fully saturated rings. The van der Waals surface area contributed by atoms with E-state index in [1.54, 1.807) is 0 Å². The molecule has 90 valence electrons. The van der Waals surface area contributed by atoms with E-state index in [1.807, 2.05) is 0 Å².